The number of hydrogen-bond donors (Lipinski definition) is 2. The maximum atomic E-state index is 12.6. The van der Waals surface area contributed by atoms with E-state index in [2.05, 4.69) is 28.5 Å². The number of aromatic nitrogens is 1. The van der Waals surface area contributed by atoms with E-state index in [4.69, 9.17) is 0 Å². The van der Waals surface area contributed by atoms with Gasteiger partial charge in [0.05, 0.1) is 17.5 Å². The summed E-state index contributed by atoms with van der Waals surface area (Å²) in [5.74, 6) is -2.47. The molecule has 2 atom stereocenters. The van der Waals surface area contributed by atoms with Gasteiger partial charge in [0, 0.05) is 10.9 Å². The molecule has 0 fully saturated rings. The van der Waals surface area contributed by atoms with Crippen LogP contribution in [0.3, 0.4) is 0 Å². The number of carbonyl (C=O) groups is 2. The van der Waals surface area contributed by atoms with E-state index in [0.29, 0.717) is 18.0 Å². The van der Waals surface area contributed by atoms with E-state index in [0.717, 1.165) is 22.0 Å². The predicted molar refractivity (Wildman–Crippen MR) is 107 cm³/mol. The number of fused-ring (bicyclic) bond motifs is 1. The van der Waals surface area contributed by atoms with E-state index in [9.17, 15) is 14.7 Å². The van der Waals surface area contributed by atoms with Gasteiger partial charge in [-0.25, -0.2) is 4.98 Å². The van der Waals surface area contributed by atoms with Gasteiger partial charge in [0.2, 0.25) is 5.91 Å². The van der Waals surface area contributed by atoms with Crippen molar-refractivity contribution in [3.8, 4) is 11.3 Å². The minimum Gasteiger partial charge on any atom is -0.481 e. The molecule has 0 aliphatic heterocycles. The summed E-state index contributed by atoms with van der Waals surface area (Å²) in [4.78, 5) is 28.5. The molecule has 0 bridgehead atoms. The first kappa shape index (κ1) is 17.4. The second-order valence-electron chi connectivity index (χ2n) is 6.58. The maximum absolute atomic E-state index is 12.6. The Morgan fingerprint density at radius 2 is 1.78 bits per heavy atom. The average molecular weight is 378 g/mol. The van der Waals surface area contributed by atoms with Crippen molar-refractivity contribution in [3.05, 3.63) is 60.0 Å². The Bertz CT molecular complexity index is 1040. The first-order valence-electron chi connectivity index (χ1n) is 8.75. The van der Waals surface area contributed by atoms with Gasteiger partial charge in [-0.1, -0.05) is 48.6 Å². The Hall–Kier alpha value is -2.99. The van der Waals surface area contributed by atoms with E-state index >= 15 is 0 Å². The molecule has 4 rings (SSSR count). The number of thiazole rings is 1. The number of carboxylic acids is 1. The summed E-state index contributed by atoms with van der Waals surface area (Å²) < 4.78 is 0. The molecule has 1 heterocycles. The van der Waals surface area contributed by atoms with Crippen molar-refractivity contribution in [2.75, 3.05) is 5.32 Å². The van der Waals surface area contributed by atoms with Gasteiger partial charge in [0.25, 0.3) is 0 Å². The van der Waals surface area contributed by atoms with Gasteiger partial charge >= 0.3 is 5.97 Å². The third-order valence-corrected chi connectivity index (χ3v) is 5.62. The number of carboxylic acid groups (broad SMARTS) is 1. The van der Waals surface area contributed by atoms with Gasteiger partial charge in [0.1, 0.15) is 0 Å². The van der Waals surface area contributed by atoms with Crippen LogP contribution in [0.25, 0.3) is 22.0 Å². The van der Waals surface area contributed by atoms with Crippen molar-refractivity contribution >= 4 is 39.1 Å². The molecule has 0 radical (unpaired) electrons. The fourth-order valence-corrected chi connectivity index (χ4v) is 4.11. The van der Waals surface area contributed by atoms with E-state index in [-0.39, 0.29) is 5.91 Å². The molecule has 0 saturated carbocycles. The zero-order valence-corrected chi connectivity index (χ0v) is 15.3. The highest BCUT2D eigenvalue weighted by Gasteiger charge is 2.34. The van der Waals surface area contributed by atoms with E-state index in [1.807, 2.05) is 41.8 Å². The third-order valence-electron chi connectivity index (χ3n) is 4.87. The van der Waals surface area contributed by atoms with Gasteiger partial charge in [-0.05, 0) is 29.7 Å². The summed E-state index contributed by atoms with van der Waals surface area (Å²) in [5, 5.41) is 16.8. The summed E-state index contributed by atoms with van der Waals surface area (Å²) in [5.41, 5.74) is 1.77. The summed E-state index contributed by atoms with van der Waals surface area (Å²) >= 11 is 1.34. The molecule has 0 saturated heterocycles. The van der Waals surface area contributed by atoms with Crippen LogP contribution in [0.1, 0.15) is 12.8 Å². The van der Waals surface area contributed by atoms with Crippen LogP contribution in [0.5, 0.6) is 0 Å². The highest BCUT2D eigenvalue weighted by Crippen LogP contribution is 2.30. The molecule has 1 amide bonds. The summed E-state index contributed by atoms with van der Waals surface area (Å²) in [6.07, 6.45) is 4.51. The lowest BCUT2D eigenvalue weighted by Gasteiger charge is -2.23. The van der Waals surface area contributed by atoms with E-state index < -0.39 is 17.8 Å². The van der Waals surface area contributed by atoms with Crippen LogP contribution >= 0.6 is 11.3 Å². The highest BCUT2D eigenvalue weighted by atomic mass is 32.1. The largest absolute Gasteiger partial charge is 0.481 e. The van der Waals surface area contributed by atoms with E-state index in [1.165, 1.54) is 11.3 Å². The third kappa shape index (κ3) is 3.61. The number of anilines is 1. The van der Waals surface area contributed by atoms with Gasteiger partial charge in [0.15, 0.2) is 5.13 Å². The number of nitrogens with one attached hydrogen (secondary N) is 1. The number of benzene rings is 2. The standard InChI is InChI=1S/C21H18N2O3S/c24-19(16-7-3-4-8-17(16)20(25)26)23-21-22-18(12-27-21)15-10-9-13-5-1-2-6-14(13)11-15/h1-6,9-12,16-17H,7-8H2,(H,25,26)(H,22,23,24)/t16-,17+/m0/s1. The van der Waals surface area contributed by atoms with Crippen molar-refractivity contribution in [1.82, 2.24) is 4.98 Å². The van der Waals surface area contributed by atoms with Crippen molar-refractivity contribution < 1.29 is 14.7 Å². The molecule has 0 spiro atoms. The van der Waals surface area contributed by atoms with Gasteiger partial charge in [-0.3, -0.25) is 9.59 Å². The number of aliphatic carboxylic acids is 1. The van der Waals surface area contributed by atoms with Crippen molar-refractivity contribution in [2.24, 2.45) is 11.8 Å². The number of carbonyl (C=O) groups excluding carboxylic acids is 1. The maximum Gasteiger partial charge on any atom is 0.307 e. The lowest BCUT2D eigenvalue weighted by atomic mass is 9.82. The topological polar surface area (TPSA) is 79.3 Å². The van der Waals surface area contributed by atoms with Gasteiger partial charge in [-0.15, -0.1) is 11.3 Å². The molecule has 27 heavy (non-hydrogen) atoms. The quantitative estimate of drug-likeness (QED) is 0.652. The zero-order valence-electron chi connectivity index (χ0n) is 14.5. The minimum absolute atomic E-state index is 0.286. The second-order valence-corrected chi connectivity index (χ2v) is 7.44. The second kappa shape index (κ2) is 7.32. The zero-order chi connectivity index (χ0) is 18.8. The molecule has 1 aliphatic carbocycles. The number of rotatable bonds is 4. The molecular formula is C21H18N2O3S. The Balaban J connectivity index is 1.52. The molecule has 5 nitrogen and oxygen atoms in total. The van der Waals surface area contributed by atoms with Gasteiger partial charge in [-0.2, -0.15) is 0 Å². The number of hydrogen-bond acceptors (Lipinski definition) is 4. The molecule has 2 aromatic carbocycles. The Morgan fingerprint density at radius 3 is 2.56 bits per heavy atom. The normalized spacial score (nSPS) is 19.1. The smallest absolute Gasteiger partial charge is 0.307 e. The van der Waals surface area contributed by atoms with Crippen LogP contribution in [-0.4, -0.2) is 22.0 Å². The summed E-state index contributed by atoms with van der Waals surface area (Å²) in [6.45, 7) is 0. The van der Waals surface area contributed by atoms with Crippen LogP contribution in [0.2, 0.25) is 0 Å². The molecule has 1 aromatic heterocycles. The Labute approximate surface area is 160 Å². The minimum atomic E-state index is -0.935. The van der Waals surface area contributed by atoms with Crippen molar-refractivity contribution in [2.45, 2.75) is 12.8 Å². The molecule has 6 heteroatoms. The summed E-state index contributed by atoms with van der Waals surface area (Å²) in [7, 11) is 0. The highest BCUT2D eigenvalue weighted by molar-refractivity contribution is 7.14. The average Bonchev–Trinajstić information content (AvgIpc) is 3.16. The molecule has 0 unspecified atom stereocenters. The molecule has 2 N–H and O–H groups in total. The summed E-state index contributed by atoms with van der Waals surface area (Å²) in [6, 6.07) is 14.2. The number of allylic oxidation sites excluding steroid dienone is 2. The first-order chi connectivity index (χ1) is 13.1. The fraction of sp³-hybridized carbons (Fsp3) is 0.190. The van der Waals surface area contributed by atoms with Crippen LogP contribution in [0.4, 0.5) is 5.13 Å². The fourth-order valence-electron chi connectivity index (χ4n) is 3.39. The molecule has 136 valence electrons. The lowest BCUT2D eigenvalue weighted by Crippen LogP contribution is -2.34. The van der Waals surface area contributed by atoms with Crippen LogP contribution in [0.15, 0.2) is 60.0 Å². The number of nitrogens with zero attached hydrogens (tertiary/aromatic N) is 1. The monoisotopic (exact) mass is 378 g/mol. The van der Waals surface area contributed by atoms with Crippen LogP contribution < -0.4 is 5.32 Å². The van der Waals surface area contributed by atoms with Crippen LogP contribution in [0, 0.1) is 11.8 Å². The lowest BCUT2D eigenvalue weighted by molar-refractivity contribution is -0.146. The molecule has 3 aromatic rings. The SMILES string of the molecule is O=C(Nc1nc(-c2ccc3ccccc3c2)cs1)[C@H]1CC=CC[C@H]1C(=O)O. The number of amides is 1. The first-order valence-corrected chi connectivity index (χ1v) is 9.63. The Kier molecular flexibility index (Phi) is 4.73. The van der Waals surface area contributed by atoms with Crippen LogP contribution in [-0.2, 0) is 9.59 Å². The van der Waals surface area contributed by atoms with Crippen molar-refractivity contribution in [1.29, 1.82) is 0 Å². The Morgan fingerprint density at radius 1 is 1.04 bits per heavy atom. The van der Waals surface area contributed by atoms with E-state index in [1.54, 1.807) is 0 Å². The van der Waals surface area contributed by atoms with Gasteiger partial charge < -0.3 is 10.4 Å². The molecule has 1 aliphatic rings. The predicted octanol–water partition coefficient (Wildman–Crippen LogP) is 4.57. The molecular weight excluding hydrogens is 360 g/mol. The van der Waals surface area contributed by atoms with Crippen molar-refractivity contribution in [3.63, 3.8) is 0 Å².